The number of nitrogens with zero attached hydrogens (tertiary/aromatic N) is 3. The molecule has 0 amide bonds. The number of rotatable bonds is 4. The van der Waals surface area contributed by atoms with Crippen molar-refractivity contribution in [1.82, 2.24) is 20.2 Å². The second kappa shape index (κ2) is 6.36. The molecule has 1 N–H and O–H groups in total. The van der Waals surface area contributed by atoms with E-state index in [0.29, 0.717) is 11.9 Å². The Bertz CT molecular complexity index is 390. The minimum atomic E-state index is 0.145. The molecule has 1 saturated heterocycles. The number of hydrogen-bond acceptors (Lipinski definition) is 6. The Balaban J connectivity index is 2.26. The van der Waals surface area contributed by atoms with Gasteiger partial charge in [-0.2, -0.15) is 11.8 Å². The van der Waals surface area contributed by atoms with Gasteiger partial charge >= 0.3 is 0 Å². The molecule has 100 valence electrons. The van der Waals surface area contributed by atoms with Gasteiger partial charge in [-0.15, -0.1) is 0 Å². The molecule has 6 heteroatoms. The van der Waals surface area contributed by atoms with Gasteiger partial charge in [0, 0.05) is 36.5 Å². The Morgan fingerprint density at radius 3 is 2.94 bits per heavy atom. The SMILES string of the molecule is CNC(c1nccnc1OC)C1CSCCN1C. The van der Waals surface area contributed by atoms with Crippen LogP contribution in [0.1, 0.15) is 11.7 Å². The fourth-order valence-electron chi connectivity index (χ4n) is 2.27. The van der Waals surface area contributed by atoms with Crippen molar-refractivity contribution in [3.63, 3.8) is 0 Å². The molecule has 2 heterocycles. The third-order valence-electron chi connectivity index (χ3n) is 3.32. The van der Waals surface area contributed by atoms with Crippen LogP contribution in [-0.4, -0.2) is 60.2 Å². The summed E-state index contributed by atoms with van der Waals surface area (Å²) in [6.45, 7) is 1.11. The number of likely N-dealkylation sites (N-methyl/N-ethyl adjacent to an activating group) is 2. The minimum Gasteiger partial charge on any atom is -0.480 e. The summed E-state index contributed by atoms with van der Waals surface area (Å²) in [6.07, 6.45) is 3.38. The maximum atomic E-state index is 5.32. The molecule has 0 aliphatic carbocycles. The lowest BCUT2D eigenvalue weighted by Crippen LogP contribution is -2.47. The van der Waals surface area contributed by atoms with Gasteiger partial charge in [0.25, 0.3) is 0 Å². The molecule has 0 bridgehead atoms. The van der Waals surface area contributed by atoms with Gasteiger partial charge in [-0.1, -0.05) is 0 Å². The average molecular weight is 268 g/mol. The molecular weight excluding hydrogens is 248 g/mol. The highest BCUT2D eigenvalue weighted by Crippen LogP contribution is 2.29. The van der Waals surface area contributed by atoms with E-state index in [-0.39, 0.29) is 6.04 Å². The van der Waals surface area contributed by atoms with E-state index in [1.165, 1.54) is 5.75 Å². The van der Waals surface area contributed by atoms with Crippen molar-refractivity contribution in [1.29, 1.82) is 0 Å². The molecule has 0 aromatic carbocycles. The molecule has 0 spiro atoms. The lowest BCUT2D eigenvalue weighted by Gasteiger charge is -2.37. The third-order valence-corrected chi connectivity index (χ3v) is 4.37. The molecule has 18 heavy (non-hydrogen) atoms. The van der Waals surface area contributed by atoms with Crippen molar-refractivity contribution in [2.45, 2.75) is 12.1 Å². The van der Waals surface area contributed by atoms with E-state index < -0.39 is 0 Å². The van der Waals surface area contributed by atoms with Crippen molar-refractivity contribution in [2.75, 3.05) is 39.3 Å². The van der Waals surface area contributed by atoms with Crippen LogP contribution in [0.4, 0.5) is 0 Å². The van der Waals surface area contributed by atoms with Crippen LogP contribution < -0.4 is 10.1 Å². The van der Waals surface area contributed by atoms with Crippen LogP contribution in [-0.2, 0) is 0 Å². The van der Waals surface area contributed by atoms with Gasteiger partial charge in [0.05, 0.1) is 13.2 Å². The standard InChI is InChI=1S/C12H20N4OS/c1-13-10(9-8-18-7-6-16(9)2)11-12(17-3)15-5-4-14-11/h4-5,9-10,13H,6-8H2,1-3H3. The summed E-state index contributed by atoms with van der Waals surface area (Å²) in [5, 5.41) is 3.36. The molecule has 1 fully saturated rings. The highest BCUT2D eigenvalue weighted by Gasteiger charge is 2.31. The number of hydrogen-bond donors (Lipinski definition) is 1. The Morgan fingerprint density at radius 1 is 1.50 bits per heavy atom. The number of ether oxygens (including phenoxy) is 1. The lowest BCUT2D eigenvalue weighted by molar-refractivity contribution is 0.215. The first-order valence-corrected chi connectivity index (χ1v) is 7.23. The maximum Gasteiger partial charge on any atom is 0.237 e. The first-order valence-electron chi connectivity index (χ1n) is 6.08. The third kappa shape index (κ3) is 2.76. The Kier molecular flexibility index (Phi) is 4.79. The quantitative estimate of drug-likeness (QED) is 0.871. The highest BCUT2D eigenvalue weighted by molar-refractivity contribution is 7.99. The van der Waals surface area contributed by atoms with E-state index in [2.05, 4.69) is 27.2 Å². The zero-order chi connectivity index (χ0) is 13.0. The predicted octanol–water partition coefficient (Wildman–Crippen LogP) is 0.793. The second-order valence-corrected chi connectivity index (χ2v) is 5.49. The summed E-state index contributed by atoms with van der Waals surface area (Å²) in [7, 11) is 5.77. The number of aromatic nitrogens is 2. The van der Waals surface area contributed by atoms with E-state index >= 15 is 0 Å². The number of thioether (sulfide) groups is 1. The molecule has 5 nitrogen and oxygen atoms in total. The molecule has 2 atom stereocenters. The van der Waals surface area contributed by atoms with E-state index in [9.17, 15) is 0 Å². The van der Waals surface area contributed by atoms with Gasteiger partial charge in [-0.05, 0) is 14.1 Å². The summed E-state index contributed by atoms with van der Waals surface area (Å²) in [6, 6.07) is 0.561. The van der Waals surface area contributed by atoms with Gasteiger partial charge in [0.2, 0.25) is 5.88 Å². The van der Waals surface area contributed by atoms with E-state index in [1.807, 2.05) is 18.8 Å². The lowest BCUT2D eigenvalue weighted by atomic mass is 10.0. The topological polar surface area (TPSA) is 50.3 Å². The van der Waals surface area contributed by atoms with Crippen LogP contribution in [0.15, 0.2) is 12.4 Å². The molecule has 1 aliphatic heterocycles. The van der Waals surface area contributed by atoms with Gasteiger partial charge in [-0.3, -0.25) is 9.88 Å². The zero-order valence-corrected chi connectivity index (χ0v) is 11.9. The zero-order valence-electron chi connectivity index (χ0n) is 11.1. The van der Waals surface area contributed by atoms with Gasteiger partial charge < -0.3 is 10.1 Å². The van der Waals surface area contributed by atoms with Crippen LogP contribution >= 0.6 is 11.8 Å². The van der Waals surface area contributed by atoms with Crippen LogP contribution in [0.5, 0.6) is 5.88 Å². The molecule has 0 radical (unpaired) electrons. The molecule has 2 rings (SSSR count). The normalized spacial score (nSPS) is 22.7. The van der Waals surface area contributed by atoms with Gasteiger partial charge in [0.1, 0.15) is 5.69 Å². The largest absolute Gasteiger partial charge is 0.480 e. The van der Waals surface area contributed by atoms with Gasteiger partial charge in [0.15, 0.2) is 0 Å². The smallest absolute Gasteiger partial charge is 0.237 e. The Labute approximate surface area is 112 Å². The number of methoxy groups -OCH3 is 1. The fraction of sp³-hybridized carbons (Fsp3) is 0.667. The first kappa shape index (κ1) is 13.6. The predicted molar refractivity (Wildman–Crippen MR) is 74.1 cm³/mol. The first-order chi connectivity index (χ1) is 8.77. The Hall–Kier alpha value is -0.850. The van der Waals surface area contributed by atoms with Crippen LogP contribution in [0.3, 0.4) is 0 Å². The summed E-state index contributed by atoms with van der Waals surface area (Å²) < 4.78 is 5.32. The average Bonchev–Trinajstić information content (AvgIpc) is 2.42. The van der Waals surface area contributed by atoms with E-state index in [4.69, 9.17) is 4.74 Å². The van der Waals surface area contributed by atoms with Crippen molar-refractivity contribution in [2.24, 2.45) is 0 Å². The van der Waals surface area contributed by atoms with Crippen molar-refractivity contribution >= 4 is 11.8 Å². The summed E-state index contributed by atoms with van der Waals surface area (Å²) in [5.41, 5.74) is 0.891. The fourth-order valence-corrected chi connectivity index (χ4v) is 3.55. The maximum absolute atomic E-state index is 5.32. The minimum absolute atomic E-state index is 0.145. The van der Waals surface area contributed by atoms with Crippen molar-refractivity contribution in [3.05, 3.63) is 18.1 Å². The van der Waals surface area contributed by atoms with E-state index in [0.717, 1.165) is 18.0 Å². The molecule has 2 unspecified atom stereocenters. The Morgan fingerprint density at radius 2 is 2.28 bits per heavy atom. The van der Waals surface area contributed by atoms with Crippen LogP contribution in [0.2, 0.25) is 0 Å². The molecule has 1 aliphatic rings. The van der Waals surface area contributed by atoms with Crippen molar-refractivity contribution < 1.29 is 4.74 Å². The van der Waals surface area contributed by atoms with Gasteiger partial charge in [-0.25, -0.2) is 4.98 Å². The summed E-state index contributed by atoms with van der Waals surface area (Å²) in [5.74, 6) is 2.91. The molecular formula is C12H20N4OS. The molecule has 1 aromatic rings. The van der Waals surface area contributed by atoms with Crippen LogP contribution in [0, 0.1) is 0 Å². The monoisotopic (exact) mass is 268 g/mol. The second-order valence-electron chi connectivity index (χ2n) is 4.34. The number of nitrogens with one attached hydrogen (secondary N) is 1. The summed E-state index contributed by atoms with van der Waals surface area (Å²) in [4.78, 5) is 11.1. The van der Waals surface area contributed by atoms with E-state index in [1.54, 1.807) is 19.5 Å². The molecule has 1 aromatic heterocycles. The van der Waals surface area contributed by atoms with Crippen molar-refractivity contribution in [3.8, 4) is 5.88 Å². The highest BCUT2D eigenvalue weighted by atomic mass is 32.2. The molecule has 0 saturated carbocycles. The van der Waals surface area contributed by atoms with Crippen LogP contribution in [0.25, 0.3) is 0 Å². The summed E-state index contributed by atoms with van der Waals surface area (Å²) >= 11 is 1.99.